The smallest absolute Gasteiger partial charge is 0.253 e. The maximum atomic E-state index is 12.8. The van der Waals surface area contributed by atoms with Crippen molar-refractivity contribution in [1.29, 1.82) is 0 Å². The first kappa shape index (κ1) is 19.4. The number of piperidine rings is 1. The lowest BCUT2D eigenvalue weighted by Gasteiger charge is -2.34. The van der Waals surface area contributed by atoms with Gasteiger partial charge >= 0.3 is 0 Å². The van der Waals surface area contributed by atoms with Crippen molar-refractivity contribution in [1.82, 2.24) is 14.1 Å². The largest absolute Gasteiger partial charge is 0.348 e. The molecule has 1 aliphatic rings. The van der Waals surface area contributed by atoms with Crippen LogP contribution in [0.3, 0.4) is 0 Å². The van der Waals surface area contributed by atoms with E-state index in [4.69, 9.17) is 0 Å². The number of amides is 2. The minimum Gasteiger partial charge on any atom is -0.348 e. The van der Waals surface area contributed by atoms with E-state index in [0.29, 0.717) is 24.9 Å². The fourth-order valence-electron chi connectivity index (χ4n) is 2.81. The molecule has 1 atom stereocenters. The van der Waals surface area contributed by atoms with Crippen LogP contribution in [0.5, 0.6) is 0 Å². The van der Waals surface area contributed by atoms with Gasteiger partial charge in [0.15, 0.2) is 0 Å². The Morgan fingerprint density at radius 1 is 1.16 bits per heavy atom. The van der Waals surface area contributed by atoms with Crippen LogP contribution in [0.4, 0.5) is 0 Å². The van der Waals surface area contributed by atoms with Crippen molar-refractivity contribution in [3.05, 3.63) is 35.9 Å². The molecule has 0 saturated carbocycles. The molecule has 0 radical (unpaired) electrons. The summed E-state index contributed by atoms with van der Waals surface area (Å²) in [6, 6.07) is 8.85. The first-order valence-electron chi connectivity index (χ1n) is 8.23. The number of hydrogen-bond donors (Lipinski definition) is 0. The molecule has 0 aromatic heterocycles. The van der Waals surface area contributed by atoms with Crippen LogP contribution in [0.1, 0.15) is 23.2 Å². The van der Waals surface area contributed by atoms with Crippen molar-refractivity contribution in [3.63, 3.8) is 0 Å². The molecule has 1 aromatic rings. The SMILES string of the molecule is CN(C)C(=O)CN(C)S(=O)(=O)[C@H]1CCCN(C(=O)c2ccccc2)C1. The first-order valence-corrected chi connectivity index (χ1v) is 9.73. The Morgan fingerprint density at radius 3 is 2.40 bits per heavy atom. The van der Waals surface area contributed by atoms with Crippen LogP contribution in [0, 0.1) is 0 Å². The van der Waals surface area contributed by atoms with E-state index in [1.165, 1.54) is 11.9 Å². The Bertz CT molecular complexity index is 719. The molecule has 0 aliphatic carbocycles. The predicted molar refractivity (Wildman–Crippen MR) is 95.6 cm³/mol. The highest BCUT2D eigenvalue weighted by atomic mass is 32.2. The predicted octanol–water partition coefficient (Wildman–Crippen LogP) is 0.641. The molecule has 8 heteroatoms. The van der Waals surface area contributed by atoms with Crippen LogP contribution in [-0.4, -0.2) is 80.4 Å². The maximum absolute atomic E-state index is 12.8. The summed E-state index contributed by atoms with van der Waals surface area (Å²) in [5.41, 5.74) is 0.552. The summed E-state index contributed by atoms with van der Waals surface area (Å²) in [5, 5.41) is -0.686. The topological polar surface area (TPSA) is 78.0 Å². The Hall–Kier alpha value is -1.93. The van der Waals surface area contributed by atoms with Crippen LogP contribution >= 0.6 is 0 Å². The molecule has 25 heavy (non-hydrogen) atoms. The first-order chi connectivity index (χ1) is 11.7. The third-order valence-corrected chi connectivity index (χ3v) is 6.62. The van der Waals surface area contributed by atoms with Crippen LogP contribution in [-0.2, 0) is 14.8 Å². The number of benzene rings is 1. The number of likely N-dealkylation sites (tertiary alicyclic amines) is 1. The number of likely N-dealkylation sites (N-methyl/N-ethyl adjacent to an activating group) is 2. The van der Waals surface area contributed by atoms with Crippen LogP contribution < -0.4 is 0 Å². The molecule has 1 heterocycles. The number of rotatable bonds is 5. The average Bonchev–Trinajstić information content (AvgIpc) is 2.61. The molecular formula is C17H25N3O4S. The molecule has 0 unspecified atom stereocenters. The van der Waals surface area contributed by atoms with Gasteiger partial charge in [-0.15, -0.1) is 0 Å². The molecular weight excluding hydrogens is 342 g/mol. The minimum absolute atomic E-state index is 0.149. The number of hydrogen-bond acceptors (Lipinski definition) is 4. The Kier molecular flexibility index (Phi) is 6.18. The molecule has 1 fully saturated rings. The molecule has 0 N–H and O–H groups in total. The minimum atomic E-state index is -3.65. The Balaban J connectivity index is 2.09. The van der Waals surface area contributed by atoms with Gasteiger partial charge in [0.25, 0.3) is 5.91 Å². The van der Waals surface area contributed by atoms with Gasteiger partial charge in [0.05, 0.1) is 11.8 Å². The molecule has 7 nitrogen and oxygen atoms in total. The standard InChI is InChI=1S/C17H25N3O4S/c1-18(2)16(21)13-19(3)25(23,24)15-10-7-11-20(12-15)17(22)14-8-5-4-6-9-14/h4-6,8-9,15H,7,10-13H2,1-3H3/t15-/m0/s1. The molecule has 138 valence electrons. The van der Waals surface area contributed by atoms with Gasteiger partial charge in [-0.05, 0) is 25.0 Å². The summed E-state index contributed by atoms with van der Waals surface area (Å²) in [6.45, 7) is 0.495. The number of sulfonamides is 1. The lowest BCUT2D eigenvalue weighted by atomic mass is 10.1. The third kappa shape index (κ3) is 4.58. The zero-order chi connectivity index (χ0) is 18.6. The van der Waals surface area contributed by atoms with E-state index < -0.39 is 15.3 Å². The summed E-state index contributed by atoms with van der Waals surface area (Å²) in [4.78, 5) is 27.3. The molecule has 1 aliphatic heterocycles. The fraction of sp³-hybridized carbons (Fsp3) is 0.529. The monoisotopic (exact) mass is 367 g/mol. The quantitative estimate of drug-likeness (QED) is 0.765. The van der Waals surface area contributed by atoms with Crippen molar-refractivity contribution in [2.45, 2.75) is 18.1 Å². The van der Waals surface area contributed by atoms with Gasteiger partial charge in [-0.2, -0.15) is 4.31 Å². The van der Waals surface area contributed by atoms with Crippen molar-refractivity contribution in [3.8, 4) is 0 Å². The molecule has 1 aromatic carbocycles. The molecule has 2 rings (SSSR count). The molecule has 2 amide bonds. The summed E-state index contributed by atoms with van der Waals surface area (Å²) < 4.78 is 26.6. The summed E-state index contributed by atoms with van der Waals surface area (Å²) >= 11 is 0. The highest BCUT2D eigenvalue weighted by Crippen LogP contribution is 2.21. The second-order valence-corrected chi connectivity index (χ2v) is 8.79. The van der Waals surface area contributed by atoms with Crippen molar-refractivity contribution in [2.24, 2.45) is 0 Å². The van der Waals surface area contributed by atoms with Crippen molar-refractivity contribution < 1.29 is 18.0 Å². The summed E-state index contributed by atoms with van der Waals surface area (Å²) in [6.07, 6.45) is 1.11. The van der Waals surface area contributed by atoms with Crippen molar-refractivity contribution >= 4 is 21.8 Å². The Labute approximate surface area is 149 Å². The number of carbonyl (C=O) groups is 2. The second-order valence-electron chi connectivity index (χ2n) is 6.47. The van der Waals surface area contributed by atoms with E-state index in [-0.39, 0.29) is 24.9 Å². The lowest BCUT2D eigenvalue weighted by molar-refractivity contribution is -0.128. The van der Waals surface area contributed by atoms with Crippen molar-refractivity contribution in [2.75, 3.05) is 40.8 Å². The van der Waals surface area contributed by atoms with E-state index >= 15 is 0 Å². The normalized spacial score (nSPS) is 18.2. The highest BCUT2D eigenvalue weighted by Gasteiger charge is 2.36. The molecule has 0 bridgehead atoms. The van der Waals surface area contributed by atoms with E-state index in [1.807, 2.05) is 6.07 Å². The van der Waals surface area contributed by atoms with Gasteiger partial charge in [0.2, 0.25) is 15.9 Å². The average molecular weight is 367 g/mol. The highest BCUT2D eigenvalue weighted by molar-refractivity contribution is 7.89. The Morgan fingerprint density at radius 2 is 1.80 bits per heavy atom. The van der Waals surface area contributed by atoms with Gasteiger partial charge in [-0.25, -0.2) is 8.42 Å². The van der Waals surface area contributed by atoms with E-state index in [9.17, 15) is 18.0 Å². The zero-order valence-corrected chi connectivity index (χ0v) is 15.7. The molecule has 0 spiro atoms. The summed E-state index contributed by atoms with van der Waals surface area (Å²) in [5.74, 6) is -0.438. The second kappa shape index (κ2) is 7.97. The van der Waals surface area contributed by atoms with Crippen LogP contribution in [0.25, 0.3) is 0 Å². The third-order valence-electron chi connectivity index (χ3n) is 4.40. The maximum Gasteiger partial charge on any atom is 0.253 e. The number of nitrogens with zero attached hydrogens (tertiary/aromatic N) is 3. The zero-order valence-electron chi connectivity index (χ0n) is 14.9. The van der Waals surface area contributed by atoms with Gasteiger partial charge < -0.3 is 9.80 Å². The fourth-order valence-corrected chi connectivity index (χ4v) is 4.44. The molecule has 1 saturated heterocycles. The van der Waals surface area contributed by atoms with Gasteiger partial charge in [-0.1, -0.05) is 18.2 Å². The van der Waals surface area contributed by atoms with Gasteiger partial charge in [0, 0.05) is 39.8 Å². The van der Waals surface area contributed by atoms with Gasteiger partial charge in [-0.3, -0.25) is 9.59 Å². The van der Waals surface area contributed by atoms with E-state index in [2.05, 4.69) is 0 Å². The van der Waals surface area contributed by atoms with Gasteiger partial charge in [0.1, 0.15) is 0 Å². The lowest BCUT2D eigenvalue weighted by Crippen LogP contribution is -2.50. The van der Waals surface area contributed by atoms with Crippen LogP contribution in [0.15, 0.2) is 30.3 Å². The van der Waals surface area contributed by atoms with Crippen LogP contribution in [0.2, 0.25) is 0 Å². The van der Waals surface area contributed by atoms with E-state index in [0.717, 1.165) is 4.31 Å². The summed E-state index contributed by atoms with van der Waals surface area (Å²) in [7, 11) is 0.938. The van der Waals surface area contributed by atoms with E-state index in [1.54, 1.807) is 43.3 Å². The number of carbonyl (C=O) groups excluding carboxylic acids is 2.